The molecule has 0 unspecified atom stereocenters. The molecule has 75 heavy (non-hydrogen) atoms. The summed E-state index contributed by atoms with van der Waals surface area (Å²) in [5.41, 5.74) is -0.763. The second kappa shape index (κ2) is 27.9. The Hall–Kier alpha value is -4.27. The van der Waals surface area contributed by atoms with Crippen molar-refractivity contribution in [3.8, 4) is 0 Å². The van der Waals surface area contributed by atoms with Gasteiger partial charge in [0.15, 0.2) is 42.2 Å². The molecule has 1 saturated heterocycles. The molecule has 2 aromatic rings. The van der Waals surface area contributed by atoms with Crippen LogP contribution >= 0.6 is 0 Å². The van der Waals surface area contributed by atoms with Crippen LogP contribution in [-0.4, -0.2) is 104 Å². The maximum atomic E-state index is 13.9. The van der Waals surface area contributed by atoms with Crippen molar-refractivity contribution >= 4 is 43.0 Å². The highest BCUT2D eigenvalue weighted by Gasteiger charge is 2.47. The van der Waals surface area contributed by atoms with Crippen LogP contribution in [0.1, 0.15) is 129 Å². The molecule has 0 N–H and O–H groups in total. The van der Waals surface area contributed by atoms with E-state index in [1.165, 1.54) is 19.6 Å². The van der Waals surface area contributed by atoms with Crippen molar-refractivity contribution in [1.82, 2.24) is 9.97 Å². The molecule has 16 heteroatoms. The molecule has 0 amide bonds. The van der Waals surface area contributed by atoms with Crippen LogP contribution in [0.5, 0.6) is 0 Å². The third-order valence-corrected chi connectivity index (χ3v) is 24.4. The fraction of sp³-hybridized carbons (Fsp3) is 0.593. The van der Waals surface area contributed by atoms with Crippen molar-refractivity contribution in [3.63, 3.8) is 0 Å². The number of ether oxygens (including phenoxy) is 4. The molecule has 418 valence electrons. The monoisotopic (exact) mass is 1090 g/mol. The Kier molecular flexibility index (Phi) is 24.2. The average molecular weight is 1090 g/mol. The topological polar surface area (TPSA) is 154 Å². The van der Waals surface area contributed by atoms with Crippen LogP contribution in [0.25, 0.3) is 6.08 Å². The van der Waals surface area contributed by atoms with Crippen LogP contribution in [0.15, 0.2) is 113 Å². The van der Waals surface area contributed by atoms with Crippen LogP contribution < -0.4 is 0 Å². The van der Waals surface area contributed by atoms with E-state index in [4.69, 9.17) is 41.1 Å². The first-order chi connectivity index (χ1) is 34.7. The molecule has 0 bridgehead atoms. The Morgan fingerprint density at radius 2 is 1.16 bits per heavy atom. The summed E-state index contributed by atoms with van der Waals surface area (Å²) in [5.74, 6) is -0.531. The van der Waals surface area contributed by atoms with Crippen molar-refractivity contribution in [1.29, 1.82) is 0 Å². The van der Waals surface area contributed by atoms with Crippen molar-refractivity contribution in [2.24, 2.45) is 10.8 Å². The van der Waals surface area contributed by atoms with Crippen LogP contribution in [0, 0.1) is 10.8 Å². The first kappa shape index (κ1) is 65.0. The number of carbonyl (C=O) groups excluding carboxylic acids is 2. The number of allylic oxidation sites excluding steroid dienone is 8. The number of aromatic nitrogens is 2. The van der Waals surface area contributed by atoms with Crippen LogP contribution in [0.3, 0.4) is 0 Å². The molecule has 0 saturated carbocycles. The second-order valence-electron chi connectivity index (χ2n) is 24.5. The first-order valence-corrected chi connectivity index (χ1v) is 35.6. The lowest BCUT2D eigenvalue weighted by molar-refractivity contribution is -0.0420. The molecular weight excluding hydrogens is 997 g/mol. The average Bonchev–Trinajstić information content (AvgIpc) is 3.61. The molecule has 13 nitrogen and oxygen atoms in total. The highest BCUT2D eigenvalue weighted by molar-refractivity contribution is 6.74. The second-order valence-corrected chi connectivity index (χ2v) is 38.5. The molecule has 1 aliphatic rings. The summed E-state index contributed by atoms with van der Waals surface area (Å²) in [7, 11) is -3.33. The normalized spacial score (nSPS) is 19.0. The van der Waals surface area contributed by atoms with Crippen molar-refractivity contribution < 1.29 is 50.6 Å². The fourth-order valence-electron chi connectivity index (χ4n) is 7.36. The summed E-state index contributed by atoms with van der Waals surface area (Å²) in [6.45, 7) is 42.0. The number of methoxy groups -OCH3 is 2. The molecule has 0 radical (unpaired) electrons. The molecule has 3 heterocycles. The minimum Gasteiger partial charge on any atom is -0.464 e. The van der Waals surface area contributed by atoms with Gasteiger partial charge in [0.2, 0.25) is 5.89 Å². The van der Waals surface area contributed by atoms with Gasteiger partial charge in [0.1, 0.15) is 30.8 Å². The molecule has 1 fully saturated rings. The van der Waals surface area contributed by atoms with Gasteiger partial charge in [0.25, 0.3) is 0 Å². The highest BCUT2D eigenvalue weighted by atomic mass is 28.4. The van der Waals surface area contributed by atoms with Crippen LogP contribution in [0.4, 0.5) is 0 Å². The number of hydrogen-bond acceptors (Lipinski definition) is 13. The predicted molar refractivity (Wildman–Crippen MR) is 310 cm³/mol. The number of nitrogens with zero attached hydrogens (tertiary/aromatic N) is 2. The zero-order chi connectivity index (χ0) is 56.6. The Labute approximate surface area is 454 Å². The van der Waals surface area contributed by atoms with E-state index in [0.717, 1.165) is 6.42 Å². The lowest BCUT2D eigenvalue weighted by Crippen LogP contribution is -2.52. The highest BCUT2D eigenvalue weighted by Crippen LogP contribution is 2.44. The van der Waals surface area contributed by atoms with Crippen LogP contribution in [0.2, 0.25) is 55.9 Å². The third-order valence-electron chi connectivity index (χ3n) is 14.5. The van der Waals surface area contributed by atoms with Crippen molar-refractivity contribution in [2.45, 2.75) is 201 Å². The fourth-order valence-corrected chi connectivity index (χ4v) is 11.4. The first-order valence-electron chi connectivity index (χ1n) is 26.4. The van der Waals surface area contributed by atoms with Crippen molar-refractivity contribution in [3.05, 3.63) is 127 Å². The quantitative estimate of drug-likeness (QED) is 0.0250. The number of rotatable bonds is 29. The SMILES string of the molecule is C/C=C/[C@H](O[Si](C)(C)C(C)(C)C)C(C)(C)[C@H](C\C=C/C=C\C=C\[C@@H](Cc1nc(C(=O)OC)co1)OC)OC(=O)c1coc(/C=C\C=C\[C@@H]2O[C@@H]2/C=C\C[C@H](O[Si](C)(C)C)C(C)(C)[C@H](/C=C/C)O[Si](C)(C)C(C)(C)C)n1. The van der Waals surface area contributed by atoms with Gasteiger partial charge in [0.05, 0.1) is 37.9 Å². The van der Waals surface area contributed by atoms with Crippen LogP contribution in [-0.2, 0) is 38.6 Å². The van der Waals surface area contributed by atoms with Gasteiger partial charge in [0, 0.05) is 30.4 Å². The maximum absolute atomic E-state index is 13.9. The maximum Gasteiger partial charge on any atom is 0.360 e. The van der Waals surface area contributed by atoms with Gasteiger partial charge in [-0.2, -0.15) is 0 Å². The number of oxazole rings is 2. The third kappa shape index (κ3) is 20.2. The molecule has 0 spiro atoms. The van der Waals surface area contributed by atoms with E-state index in [1.807, 2.05) is 67.7 Å². The molecule has 0 aromatic carbocycles. The summed E-state index contributed by atoms with van der Waals surface area (Å²) in [4.78, 5) is 34.3. The molecular formula is C59H94N2O11Si3. The Morgan fingerprint density at radius 1 is 0.627 bits per heavy atom. The molecule has 2 aromatic heterocycles. The number of carbonyl (C=O) groups is 2. The smallest absolute Gasteiger partial charge is 0.360 e. The summed E-state index contributed by atoms with van der Waals surface area (Å²) in [5, 5.41) is 0.0471. The van der Waals surface area contributed by atoms with Gasteiger partial charge in [-0.3, -0.25) is 0 Å². The minimum atomic E-state index is -2.25. The summed E-state index contributed by atoms with van der Waals surface area (Å²) < 4.78 is 54.7. The Morgan fingerprint density at radius 3 is 1.71 bits per heavy atom. The number of esters is 2. The Balaban J connectivity index is 1.72. The number of epoxide rings is 1. The van der Waals surface area contributed by atoms with E-state index in [2.05, 4.69) is 162 Å². The van der Waals surface area contributed by atoms with E-state index in [1.54, 1.807) is 13.2 Å². The number of hydrogen-bond donors (Lipinski definition) is 0. The largest absolute Gasteiger partial charge is 0.464 e. The van der Waals surface area contributed by atoms with Crippen molar-refractivity contribution in [2.75, 3.05) is 14.2 Å². The molecule has 3 rings (SSSR count). The van der Waals surface area contributed by atoms with Gasteiger partial charge < -0.3 is 41.1 Å². The van der Waals surface area contributed by atoms with E-state index in [-0.39, 0.29) is 69.4 Å². The summed E-state index contributed by atoms with van der Waals surface area (Å²) >= 11 is 0. The van der Waals surface area contributed by atoms with Gasteiger partial charge in [-0.15, -0.1) is 0 Å². The summed E-state index contributed by atoms with van der Waals surface area (Å²) in [6, 6.07) is 0. The zero-order valence-electron chi connectivity index (χ0n) is 49.4. The van der Waals surface area contributed by atoms with Gasteiger partial charge in [-0.1, -0.05) is 160 Å². The lowest BCUT2D eigenvalue weighted by atomic mass is 9.79. The molecule has 7 atom stereocenters. The molecule has 1 aliphatic heterocycles. The predicted octanol–water partition coefficient (Wildman–Crippen LogP) is 14.8. The Bertz CT molecular complexity index is 2360. The van der Waals surface area contributed by atoms with E-state index in [9.17, 15) is 9.59 Å². The minimum absolute atomic E-state index is 0.0285. The van der Waals surface area contributed by atoms with Gasteiger partial charge >= 0.3 is 11.9 Å². The van der Waals surface area contributed by atoms with Gasteiger partial charge in [-0.25, -0.2) is 19.6 Å². The van der Waals surface area contributed by atoms with Gasteiger partial charge in [-0.05, 0) is 76.2 Å². The summed E-state index contributed by atoms with van der Waals surface area (Å²) in [6.07, 6.45) is 34.0. The molecule has 0 aliphatic carbocycles. The zero-order valence-corrected chi connectivity index (χ0v) is 52.4. The van der Waals surface area contributed by atoms with E-state index < -0.39 is 48.4 Å². The van der Waals surface area contributed by atoms with E-state index >= 15 is 0 Å². The standard InChI is InChI=1S/C59H94N2O11Si3/c1-22-32-49(71-74(18,19)56(3,4)5)58(9,10)48(37-28-26-24-25-27-34-43(64-13)40-53-61-44(41-67-53)54(62)65-14)69-55(63)45-42-66-52(60-45)39-30-29-35-46-47(68-46)36-31-38-51(70-73(15,16)17)59(11,12)50(33-23-2)72-75(20,21)57(6,7)8/h22-36,39,41-43,46-51H,37-38,40H2,1-21H3/b25-24-,28-26-,32-22+,33-23+,34-27+,35-29+,36-31-,39-30-/t43-,46-,47+,48-,49-,50-,51-/m0/s1. The van der Waals surface area contributed by atoms with E-state index in [0.29, 0.717) is 18.7 Å². The lowest BCUT2D eigenvalue weighted by Gasteiger charge is -2.47.